The van der Waals surface area contributed by atoms with E-state index in [4.69, 9.17) is 19.7 Å². The number of carboxylic acids is 1. The minimum atomic E-state index is -5.08. The van der Waals surface area contributed by atoms with Gasteiger partial charge in [0.05, 0.1) is 23.7 Å². The summed E-state index contributed by atoms with van der Waals surface area (Å²) in [4.78, 5) is 27.3. The third-order valence-electron chi connectivity index (χ3n) is 10.5. The Morgan fingerprint density at radius 2 is 1.69 bits per heavy atom. The number of aromatic amines is 1. The van der Waals surface area contributed by atoms with Crippen molar-refractivity contribution in [2.75, 3.05) is 43.5 Å². The number of hydrogen-bond acceptors (Lipinski definition) is 6. The van der Waals surface area contributed by atoms with Crippen LogP contribution in [0.5, 0.6) is 5.75 Å². The topological polar surface area (TPSA) is 111 Å². The molecule has 3 heterocycles. The first-order valence-corrected chi connectivity index (χ1v) is 16.5. The molecule has 2 atom stereocenters. The van der Waals surface area contributed by atoms with Gasteiger partial charge in [-0.3, -0.25) is 14.8 Å². The molecule has 1 spiro atoms. The zero-order chi connectivity index (χ0) is 33.6. The Balaban J connectivity index is 0.000000473. The van der Waals surface area contributed by atoms with Crippen molar-refractivity contribution in [1.82, 2.24) is 15.1 Å². The number of nitrogens with one attached hydrogen (secondary N) is 2. The van der Waals surface area contributed by atoms with Crippen LogP contribution in [0.4, 0.5) is 24.5 Å². The van der Waals surface area contributed by atoms with Crippen molar-refractivity contribution in [2.45, 2.75) is 62.1 Å². The van der Waals surface area contributed by atoms with Gasteiger partial charge in [0, 0.05) is 60.5 Å². The van der Waals surface area contributed by atoms with Gasteiger partial charge in [-0.05, 0) is 66.8 Å². The average Bonchev–Trinajstić information content (AvgIpc) is 3.63. The lowest BCUT2D eigenvalue weighted by Crippen LogP contribution is -2.50. The number of H-pyrrole nitrogens is 1. The van der Waals surface area contributed by atoms with Crippen LogP contribution in [0.1, 0.15) is 55.6 Å². The highest BCUT2D eigenvalue weighted by molar-refractivity contribution is 6.10. The monoisotopic (exact) mass is 661 g/mol. The standard InChI is InChI=1S/C34H37N5O2.C2HF3O2/c1-41-26-12-14-30-28(20-26)34(33(40)35-30)21-29(34)23-9-13-27-31(19-23)36-37-32(27)22-7-10-25(11-8-22)39-17-15-38(16-18-39)24-5-3-2-4-6-24;3-2(4,5)1(6)7/h7-14,19-20,24,29H,2-6,15-18,21H2,1H3,(H,35,40)(H,36,37);(H,6,7)/t29-,34-;/m0./s1. The number of piperazine rings is 1. The van der Waals surface area contributed by atoms with Crippen LogP contribution in [-0.4, -0.2) is 77.6 Å². The Kier molecular flexibility index (Phi) is 8.31. The summed E-state index contributed by atoms with van der Waals surface area (Å²) in [6.45, 7) is 4.54. The number of carbonyl (C=O) groups is 2. The van der Waals surface area contributed by atoms with E-state index in [0.29, 0.717) is 0 Å². The molecular formula is C36H38F3N5O4. The van der Waals surface area contributed by atoms with Crippen molar-refractivity contribution < 1.29 is 32.6 Å². The van der Waals surface area contributed by atoms with Crippen LogP contribution in [0.3, 0.4) is 0 Å². The lowest BCUT2D eigenvalue weighted by molar-refractivity contribution is -0.192. The molecule has 9 nitrogen and oxygen atoms in total. The third-order valence-corrected chi connectivity index (χ3v) is 10.5. The van der Waals surface area contributed by atoms with Crippen molar-refractivity contribution in [3.63, 3.8) is 0 Å². The third kappa shape index (κ3) is 5.86. The smallest absolute Gasteiger partial charge is 0.490 e. The molecule has 3 N–H and O–H groups in total. The van der Waals surface area contributed by atoms with Crippen molar-refractivity contribution >= 4 is 34.2 Å². The van der Waals surface area contributed by atoms with Gasteiger partial charge in [0.15, 0.2) is 0 Å². The van der Waals surface area contributed by atoms with E-state index in [-0.39, 0.29) is 11.8 Å². The maximum absolute atomic E-state index is 13.1. The quantitative estimate of drug-likeness (QED) is 0.218. The van der Waals surface area contributed by atoms with Gasteiger partial charge >= 0.3 is 12.1 Å². The maximum Gasteiger partial charge on any atom is 0.490 e. The molecule has 3 fully saturated rings. The summed E-state index contributed by atoms with van der Waals surface area (Å²) in [5, 5.41) is 19.3. The van der Waals surface area contributed by atoms with Crippen LogP contribution in [0.15, 0.2) is 60.7 Å². The first-order valence-electron chi connectivity index (χ1n) is 16.5. The van der Waals surface area contributed by atoms with Gasteiger partial charge in [0.2, 0.25) is 5.91 Å². The molecule has 2 aliphatic heterocycles. The molecule has 3 aromatic carbocycles. The summed E-state index contributed by atoms with van der Waals surface area (Å²) in [5.74, 6) is -1.74. The fraction of sp³-hybridized carbons (Fsp3) is 0.417. The Morgan fingerprint density at radius 3 is 2.35 bits per heavy atom. The molecule has 252 valence electrons. The van der Waals surface area contributed by atoms with Gasteiger partial charge in [-0.1, -0.05) is 43.5 Å². The first kappa shape index (κ1) is 32.0. The Morgan fingerprint density at radius 1 is 0.979 bits per heavy atom. The van der Waals surface area contributed by atoms with Gasteiger partial charge in [-0.2, -0.15) is 18.3 Å². The van der Waals surface area contributed by atoms with Gasteiger partial charge in [-0.25, -0.2) is 4.79 Å². The number of amides is 1. The van der Waals surface area contributed by atoms with Gasteiger partial charge < -0.3 is 20.1 Å². The second-order valence-corrected chi connectivity index (χ2v) is 13.1. The molecule has 2 aliphatic carbocycles. The molecule has 4 aromatic rings. The number of nitrogens with zero attached hydrogens (tertiary/aromatic N) is 3. The minimum absolute atomic E-state index is 0.0895. The summed E-state index contributed by atoms with van der Waals surface area (Å²) in [6, 6.07) is 22.1. The number of anilines is 2. The highest BCUT2D eigenvalue weighted by atomic mass is 19.4. The normalized spacial score (nSPS) is 22.6. The van der Waals surface area contributed by atoms with Crippen molar-refractivity contribution in [2.24, 2.45) is 0 Å². The Bertz CT molecular complexity index is 1830. The van der Waals surface area contributed by atoms with Crippen LogP contribution < -0.4 is 15.0 Å². The van der Waals surface area contributed by atoms with E-state index < -0.39 is 17.6 Å². The highest BCUT2D eigenvalue weighted by Gasteiger charge is 2.65. The molecular weight excluding hydrogens is 623 g/mol. The minimum Gasteiger partial charge on any atom is -0.497 e. The number of ether oxygens (including phenoxy) is 1. The molecule has 0 bridgehead atoms. The van der Waals surface area contributed by atoms with Crippen molar-refractivity contribution in [3.05, 3.63) is 71.8 Å². The van der Waals surface area contributed by atoms with E-state index in [1.807, 2.05) is 18.2 Å². The lowest BCUT2D eigenvalue weighted by Gasteiger charge is -2.41. The van der Waals surface area contributed by atoms with E-state index >= 15 is 0 Å². The molecule has 4 aliphatic rings. The molecule has 1 aromatic heterocycles. The molecule has 1 saturated heterocycles. The highest BCUT2D eigenvalue weighted by Crippen LogP contribution is 2.65. The van der Waals surface area contributed by atoms with Crippen LogP contribution in [-0.2, 0) is 15.0 Å². The van der Waals surface area contributed by atoms with Crippen LogP contribution in [0, 0.1) is 0 Å². The largest absolute Gasteiger partial charge is 0.497 e. The summed E-state index contributed by atoms with van der Waals surface area (Å²) < 4.78 is 37.2. The number of halogens is 3. The number of benzene rings is 3. The summed E-state index contributed by atoms with van der Waals surface area (Å²) in [6.07, 6.45) is 2.71. The van der Waals surface area contributed by atoms with Crippen molar-refractivity contribution in [3.8, 4) is 17.0 Å². The number of fused-ring (bicyclic) bond motifs is 3. The first-order chi connectivity index (χ1) is 23.1. The van der Waals surface area contributed by atoms with E-state index in [2.05, 4.69) is 62.7 Å². The van der Waals surface area contributed by atoms with E-state index in [1.165, 1.54) is 56.4 Å². The molecule has 0 unspecified atom stereocenters. The molecule has 48 heavy (non-hydrogen) atoms. The van der Waals surface area contributed by atoms with Crippen LogP contribution in [0.25, 0.3) is 22.2 Å². The lowest BCUT2D eigenvalue weighted by atomic mass is 9.91. The van der Waals surface area contributed by atoms with Crippen LogP contribution in [0.2, 0.25) is 0 Å². The summed E-state index contributed by atoms with van der Waals surface area (Å²) in [5.41, 5.74) is 7.01. The molecule has 2 saturated carbocycles. The zero-order valence-corrected chi connectivity index (χ0v) is 26.6. The predicted molar refractivity (Wildman–Crippen MR) is 177 cm³/mol. The Hall–Kier alpha value is -4.58. The van der Waals surface area contributed by atoms with Gasteiger partial charge in [-0.15, -0.1) is 0 Å². The number of alkyl halides is 3. The Labute approximate surface area is 276 Å². The van der Waals surface area contributed by atoms with E-state index in [1.54, 1.807) is 7.11 Å². The number of carbonyl (C=O) groups excluding carboxylic acids is 1. The van der Waals surface area contributed by atoms with Gasteiger partial charge in [0.25, 0.3) is 0 Å². The fourth-order valence-corrected chi connectivity index (χ4v) is 7.79. The zero-order valence-electron chi connectivity index (χ0n) is 26.6. The van der Waals surface area contributed by atoms with Crippen molar-refractivity contribution in [1.29, 1.82) is 0 Å². The second kappa shape index (κ2) is 12.5. The molecule has 12 heteroatoms. The number of rotatable bonds is 5. The van der Waals surface area contributed by atoms with E-state index in [9.17, 15) is 18.0 Å². The van der Waals surface area contributed by atoms with E-state index in [0.717, 1.165) is 64.7 Å². The number of aliphatic carboxylic acids is 1. The molecule has 0 radical (unpaired) electrons. The second-order valence-electron chi connectivity index (χ2n) is 13.1. The van der Waals surface area contributed by atoms with Crippen LogP contribution >= 0.6 is 0 Å². The SMILES string of the molecule is COc1ccc2c(c1)[C@]1(C[C@H]1c1ccc3c(-c4ccc(N5CCN(C6CCCCC6)CC5)cc4)n[nH]c3c1)C(=O)N2.O=C(O)C(F)(F)F. The number of carboxylic acid groups (broad SMARTS) is 1. The summed E-state index contributed by atoms with van der Waals surface area (Å²) >= 11 is 0. The molecule has 8 rings (SSSR count). The fourth-order valence-electron chi connectivity index (χ4n) is 7.79. The maximum atomic E-state index is 13.1. The van der Waals surface area contributed by atoms with Gasteiger partial charge in [0.1, 0.15) is 5.75 Å². The summed E-state index contributed by atoms with van der Waals surface area (Å²) in [7, 11) is 1.67. The number of aromatic nitrogens is 2. The molecule has 1 amide bonds. The predicted octanol–water partition coefficient (Wildman–Crippen LogP) is 6.70. The number of methoxy groups -OCH3 is 1. The number of hydrogen-bond donors (Lipinski definition) is 3. The average molecular weight is 662 g/mol.